The third-order valence-corrected chi connectivity index (χ3v) is 15.6. The predicted octanol–water partition coefficient (Wildman–Crippen LogP) is 8.42. The summed E-state index contributed by atoms with van der Waals surface area (Å²) in [6.07, 6.45) is 3.87. The Morgan fingerprint density at radius 2 is 1.50 bits per heavy atom. The molecular weight excluding hydrogens is 373 g/mol. The fourth-order valence-electron chi connectivity index (χ4n) is 1.83. The summed E-state index contributed by atoms with van der Waals surface area (Å²) in [5.41, 5.74) is 0. The highest BCUT2D eigenvalue weighted by atomic mass is 35.9. The second-order valence-corrected chi connectivity index (χ2v) is 17.9. The van der Waals surface area contributed by atoms with E-state index in [-0.39, 0.29) is 0 Å². The number of unbranched alkanes of at least 4 members (excludes halogenated alkanes) is 1. The lowest BCUT2D eigenvalue weighted by atomic mass is 10.3. The Balaban J connectivity index is 3.31. The average molecular weight is 391 g/mol. The van der Waals surface area contributed by atoms with Crippen LogP contribution in [0.4, 0.5) is 0 Å². The molecule has 0 radical (unpaired) electrons. The van der Waals surface area contributed by atoms with E-state index in [0.717, 1.165) is 25.2 Å². The van der Waals surface area contributed by atoms with Gasteiger partial charge in [-0.25, -0.2) is 9.03 Å². The van der Waals surface area contributed by atoms with Gasteiger partial charge in [0.25, 0.3) is 11.8 Å². The second-order valence-electron chi connectivity index (χ2n) is 4.71. The van der Waals surface area contributed by atoms with Crippen LogP contribution in [0.15, 0.2) is 13.5 Å². The number of nitrogens with zero attached hydrogens (tertiary/aromatic N) is 3. The summed E-state index contributed by atoms with van der Waals surface area (Å²) < 4.78 is 13.2. The molecule has 1 aliphatic rings. The largest absolute Gasteiger partial charge is 0.255 e. The van der Waals surface area contributed by atoms with Crippen molar-refractivity contribution in [3.63, 3.8) is 0 Å². The fourth-order valence-corrected chi connectivity index (χ4v) is 20.2. The first kappa shape index (κ1) is 17.9. The van der Waals surface area contributed by atoms with Gasteiger partial charge in [-0.3, -0.25) is 0 Å². The molecule has 0 fully saturated rings. The van der Waals surface area contributed by atoms with Crippen LogP contribution in [0.3, 0.4) is 0 Å². The van der Waals surface area contributed by atoms with E-state index in [1.165, 1.54) is 0 Å². The summed E-state index contributed by atoms with van der Waals surface area (Å²) in [4.78, 5) is 0. The van der Waals surface area contributed by atoms with E-state index in [9.17, 15) is 0 Å². The Morgan fingerprint density at radius 3 is 1.94 bits per heavy atom. The Morgan fingerprint density at radius 1 is 0.944 bits per heavy atom. The van der Waals surface area contributed by atoms with E-state index in [0.29, 0.717) is 5.92 Å². The molecule has 1 atom stereocenters. The first-order valence-corrected chi connectivity index (χ1v) is 14.9. The molecule has 3 nitrogen and oxygen atoms in total. The molecule has 0 saturated heterocycles. The molecule has 0 N–H and O–H groups in total. The lowest BCUT2D eigenvalue weighted by Gasteiger charge is -2.28. The maximum absolute atomic E-state index is 6.17. The van der Waals surface area contributed by atoms with Crippen LogP contribution >= 0.6 is 64.0 Å². The van der Waals surface area contributed by atoms with Gasteiger partial charge in [0, 0.05) is 12.3 Å². The topological polar surface area (TPSA) is 37.1 Å². The number of hydrogen-bond donors (Lipinski definition) is 0. The van der Waals surface area contributed by atoms with Gasteiger partial charge in [-0.1, -0.05) is 27.2 Å². The standard InChI is InChI=1S/C8H18Cl4N3P3/c1-4-5-6-16(7-8(2)3)13-17(9,10)15-18(11,12)14-16/h8H,4-7H2,1-3H3. The zero-order valence-corrected chi connectivity index (χ0v) is 16.3. The molecule has 108 valence electrons. The van der Waals surface area contributed by atoms with E-state index in [2.05, 4.69) is 34.3 Å². The lowest BCUT2D eigenvalue weighted by molar-refractivity contribution is 0.738. The molecule has 10 heteroatoms. The molecule has 1 heterocycles. The monoisotopic (exact) mass is 389 g/mol. The van der Waals surface area contributed by atoms with Crippen molar-refractivity contribution in [3.8, 4) is 0 Å². The number of halogens is 4. The van der Waals surface area contributed by atoms with Gasteiger partial charge in [0.1, 0.15) is 0 Å². The maximum Gasteiger partial charge on any atom is 0.255 e. The summed E-state index contributed by atoms with van der Waals surface area (Å²) in [6, 6.07) is 0. The van der Waals surface area contributed by atoms with Crippen LogP contribution in [-0.2, 0) is 0 Å². The van der Waals surface area contributed by atoms with Gasteiger partial charge in [0.2, 0.25) is 0 Å². The molecule has 0 aromatic rings. The molecule has 18 heavy (non-hydrogen) atoms. The van der Waals surface area contributed by atoms with Crippen LogP contribution in [-0.4, -0.2) is 12.3 Å². The van der Waals surface area contributed by atoms with Crippen molar-refractivity contribution in [1.82, 2.24) is 0 Å². The Labute approximate surface area is 129 Å². The summed E-state index contributed by atoms with van der Waals surface area (Å²) in [7, 11) is -1.98. The predicted molar refractivity (Wildman–Crippen MR) is 90.9 cm³/mol. The Bertz CT molecular complexity index is 455. The molecule has 0 spiro atoms. The third-order valence-electron chi connectivity index (χ3n) is 2.29. The minimum absolute atomic E-state index is 0.461. The average Bonchev–Trinajstić information content (AvgIpc) is 2.07. The molecule has 0 saturated carbocycles. The van der Waals surface area contributed by atoms with Gasteiger partial charge in [-0.15, -0.1) is 0 Å². The van der Waals surface area contributed by atoms with Crippen molar-refractivity contribution >= 4 is 64.0 Å². The zero-order chi connectivity index (χ0) is 14.0. The number of hydrogen-bond acceptors (Lipinski definition) is 3. The fraction of sp³-hybridized carbons (Fsp3) is 1.00. The minimum atomic E-state index is -2.74. The molecule has 0 amide bonds. The summed E-state index contributed by atoms with van der Waals surface area (Å²) in [5, 5.41) is 0. The van der Waals surface area contributed by atoms with Crippen LogP contribution in [0.2, 0.25) is 0 Å². The van der Waals surface area contributed by atoms with E-state index < -0.39 is 19.0 Å². The van der Waals surface area contributed by atoms with Crippen molar-refractivity contribution in [2.45, 2.75) is 33.6 Å². The Hall–Kier alpha value is 1.85. The van der Waals surface area contributed by atoms with Gasteiger partial charge in [-0.2, -0.15) is 4.52 Å². The SMILES string of the molecule is CCCCP1(CC(C)C)=NP(Cl)(Cl)=NP(Cl)(Cl)=N1. The van der Waals surface area contributed by atoms with Crippen LogP contribution in [0.1, 0.15) is 33.6 Å². The molecule has 0 bridgehead atoms. The normalized spacial score (nSPS) is 29.3. The van der Waals surface area contributed by atoms with E-state index >= 15 is 0 Å². The first-order valence-electron chi connectivity index (χ1n) is 5.78. The van der Waals surface area contributed by atoms with Gasteiger partial charge in [-0.05, 0) is 57.3 Å². The quantitative estimate of drug-likeness (QED) is 0.422. The number of rotatable bonds is 5. The molecule has 1 aliphatic heterocycles. The van der Waals surface area contributed by atoms with Crippen LogP contribution in [0.25, 0.3) is 0 Å². The van der Waals surface area contributed by atoms with Crippen molar-refractivity contribution in [2.24, 2.45) is 19.5 Å². The lowest BCUT2D eigenvalue weighted by Crippen LogP contribution is -2.01. The van der Waals surface area contributed by atoms with E-state index in [4.69, 9.17) is 45.0 Å². The van der Waals surface area contributed by atoms with Gasteiger partial charge < -0.3 is 0 Å². The Kier molecular flexibility index (Phi) is 6.70. The van der Waals surface area contributed by atoms with Gasteiger partial charge in [0.05, 0.1) is 7.21 Å². The smallest absolute Gasteiger partial charge is 0.213 e. The molecular formula is C8H18Cl4N3P3. The van der Waals surface area contributed by atoms with Gasteiger partial charge in [0.15, 0.2) is 0 Å². The van der Waals surface area contributed by atoms with E-state index in [1.807, 2.05) is 0 Å². The molecule has 0 aromatic heterocycles. The van der Waals surface area contributed by atoms with Crippen molar-refractivity contribution < 1.29 is 0 Å². The highest BCUT2D eigenvalue weighted by molar-refractivity contribution is 8.21. The molecule has 0 aliphatic carbocycles. The summed E-state index contributed by atoms with van der Waals surface area (Å²) in [6.45, 7) is 6.40. The van der Waals surface area contributed by atoms with Crippen LogP contribution in [0.5, 0.6) is 0 Å². The minimum Gasteiger partial charge on any atom is -0.213 e. The van der Waals surface area contributed by atoms with Crippen molar-refractivity contribution in [1.29, 1.82) is 0 Å². The van der Waals surface area contributed by atoms with Gasteiger partial charge >= 0.3 is 0 Å². The van der Waals surface area contributed by atoms with E-state index in [1.54, 1.807) is 0 Å². The second kappa shape index (κ2) is 6.74. The summed E-state index contributed by atoms with van der Waals surface area (Å²) in [5.74, 6) is -5.02. The van der Waals surface area contributed by atoms with Crippen molar-refractivity contribution in [3.05, 3.63) is 0 Å². The summed E-state index contributed by atoms with van der Waals surface area (Å²) >= 11 is 24.7. The first-order chi connectivity index (χ1) is 8.10. The third kappa shape index (κ3) is 5.69. The highest BCUT2D eigenvalue weighted by Crippen LogP contribution is 2.85. The molecule has 0 aromatic carbocycles. The highest BCUT2D eigenvalue weighted by Gasteiger charge is 2.33. The molecule has 1 unspecified atom stereocenters. The van der Waals surface area contributed by atoms with Crippen molar-refractivity contribution in [2.75, 3.05) is 12.3 Å². The molecule has 1 rings (SSSR count). The van der Waals surface area contributed by atoms with Crippen LogP contribution in [0, 0.1) is 5.92 Å². The maximum atomic E-state index is 6.17. The van der Waals surface area contributed by atoms with Crippen LogP contribution < -0.4 is 0 Å². The zero-order valence-electron chi connectivity index (χ0n) is 10.6.